The number of ether oxygens (including phenoxy) is 1. The minimum absolute atomic E-state index is 0.0990. The molecular weight excluding hydrogens is 432 g/mol. The number of hydrogen-bond acceptors (Lipinski definition) is 6. The molecule has 0 aliphatic carbocycles. The van der Waals surface area contributed by atoms with Crippen LogP contribution >= 0.6 is 23.8 Å². The Labute approximate surface area is 189 Å². The van der Waals surface area contributed by atoms with E-state index < -0.39 is 5.97 Å². The van der Waals surface area contributed by atoms with Crippen molar-refractivity contribution in [3.63, 3.8) is 0 Å². The summed E-state index contributed by atoms with van der Waals surface area (Å²) in [6, 6.07) is 13.2. The van der Waals surface area contributed by atoms with E-state index in [1.54, 1.807) is 36.1 Å². The van der Waals surface area contributed by atoms with Crippen LogP contribution in [-0.2, 0) is 11.3 Å². The van der Waals surface area contributed by atoms with Crippen LogP contribution in [0.3, 0.4) is 0 Å². The van der Waals surface area contributed by atoms with Gasteiger partial charge in [0.1, 0.15) is 0 Å². The Bertz CT molecular complexity index is 1320. The molecule has 0 saturated heterocycles. The monoisotopic (exact) mass is 450 g/mol. The summed E-state index contributed by atoms with van der Waals surface area (Å²) in [5.41, 5.74) is 4.38. The largest absolute Gasteiger partial charge is 0.461 e. The number of pyridine rings is 2. The van der Waals surface area contributed by atoms with Crippen molar-refractivity contribution in [3.8, 4) is 11.3 Å². The molecule has 156 valence electrons. The zero-order valence-electron chi connectivity index (χ0n) is 17.0. The van der Waals surface area contributed by atoms with Gasteiger partial charge in [-0.05, 0) is 43.7 Å². The highest BCUT2D eigenvalue weighted by Gasteiger charge is 2.17. The van der Waals surface area contributed by atoms with E-state index in [0.717, 1.165) is 22.5 Å². The average molecular weight is 451 g/mol. The highest BCUT2D eigenvalue weighted by molar-refractivity contribution is 7.71. The molecular formula is C23H19ClN4O2S. The Morgan fingerprint density at radius 1 is 1.13 bits per heavy atom. The molecule has 0 aliphatic rings. The second kappa shape index (κ2) is 8.91. The molecule has 0 bridgehead atoms. The number of aromatic nitrogens is 4. The number of aryl methyl sites for hydroxylation is 1. The maximum atomic E-state index is 12.4. The number of carbonyl (C=O) groups excluding carboxylic acids is 1. The molecule has 8 heteroatoms. The lowest BCUT2D eigenvalue weighted by atomic mass is 10.1. The van der Waals surface area contributed by atoms with Crippen LogP contribution in [0.25, 0.3) is 22.2 Å². The minimum Gasteiger partial charge on any atom is -0.461 e. The normalized spacial score (nSPS) is 10.9. The highest BCUT2D eigenvalue weighted by atomic mass is 35.5. The summed E-state index contributed by atoms with van der Waals surface area (Å²) < 4.78 is 7.13. The number of fused-ring (bicyclic) bond motifs is 1. The van der Waals surface area contributed by atoms with Gasteiger partial charge in [-0.3, -0.25) is 14.6 Å². The topological polar surface area (TPSA) is 69.9 Å². The van der Waals surface area contributed by atoms with Gasteiger partial charge in [-0.25, -0.2) is 4.79 Å². The molecule has 6 nitrogen and oxygen atoms in total. The lowest BCUT2D eigenvalue weighted by Gasteiger charge is -2.14. The molecule has 0 aliphatic heterocycles. The molecule has 0 amide bonds. The summed E-state index contributed by atoms with van der Waals surface area (Å²) in [6.45, 7) is 4.28. The first-order valence-corrected chi connectivity index (χ1v) is 10.5. The molecule has 0 fully saturated rings. The summed E-state index contributed by atoms with van der Waals surface area (Å²) in [4.78, 5) is 21.3. The van der Waals surface area contributed by atoms with E-state index in [4.69, 9.17) is 28.6 Å². The molecule has 4 aromatic rings. The summed E-state index contributed by atoms with van der Waals surface area (Å²) >= 11 is 12.0. The van der Waals surface area contributed by atoms with Crippen LogP contribution in [0.4, 0.5) is 0 Å². The van der Waals surface area contributed by atoms with E-state index in [2.05, 4.69) is 15.1 Å². The fourth-order valence-corrected chi connectivity index (χ4v) is 3.79. The van der Waals surface area contributed by atoms with Gasteiger partial charge in [0.2, 0.25) is 0 Å². The third-order valence-electron chi connectivity index (χ3n) is 4.76. The number of para-hydroxylation sites is 1. The molecule has 0 N–H and O–H groups in total. The Balaban J connectivity index is 1.75. The standard InChI is InChI=1S/C23H19ClN4O2S/c1-3-30-23(29)20-22(31)17-5-4-6-18(24)21(17)28(27-20)13-15-8-10-19(26-11-15)16-9-7-14(2)25-12-16/h4-12H,3,13H2,1-2H3. The molecule has 3 heterocycles. The maximum Gasteiger partial charge on any atom is 0.360 e. The number of rotatable bonds is 5. The predicted octanol–water partition coefficient (Wildman–Crippen LogP) is 5.41. The van der Waals surface area contributed by atoms with Gasteiger partial charge in [0.15, 0.2) is 5.69 Å². The number of benzene rings is 1. The van der Waals surface area contributed by atoms with Crippen LogP contribution in [0.5, 0.6) is 0 Å². The van der Waals surface area contributed by atoms with Crippen LogP contribution in [0, 0.1) is 11.4 Å². The van der Waals surface area contributed by atoms with E-state index in [-0.39, 0.29) is 12.3 Å². The van der Waals surface area contributed by atoms with Gasteiger partial charge in [0.25, 0.3) is 0 Å². The quantitative estimate of drug-likeness (QED) is 0.299. The summed E-state index contributed by atoms with van der Waals surface area (Å²) in [5.74, 6) is -0.552. The number of esters is 1. The van der Waals surface area contributed by atoms with Crippen LogP contribution in [0.1, 0.15) is 28.7 Å². The van der Waals surface area contributed by atoms with Gasteiger partial charge in [-0.2, -0.15) is 5.10 Å². The minimum atomic E-state index is -0.552. The summed E-state index contributed by atoms with van der Waals surface area (Å²) in [5, 5.41) is 5.66. The molecule has 3 aromatic heterocycles. The van der Waals surface area contributed by atoms with Gasteiger partial charge in [0.05, 0.1) is 33.9 Å². The molecule has 0 radical (unpaired) electrons. The first-order chi connectivity index (χ1) is 15.0. The first kappa shape index (κ1) is 21.1. The number of nitrogens with zero attached hydrogens (tertiary/aromatic N) is 4. The van der Waals surface area contributed by atoms with E-state index in [1.165, 1.54) is 0 Å². The zero-order chi connectivity index (χ0) is 22.0. The zero-order valence-corrected chi connectivity index (χ0v) is 18.6. The summed E-state index contributed by atoms with van der Waals surface area (Å²) in [7, 11) is 0. The van der Waals surface area contributed by atoms with E-state index in [9.17, 15) is 4.79 Å². The van der Waals surface area contributed by atoms with Crippen molar-refractivity contribution >= 4 is 40.7 Å². The lowest BCUT2D eigenvalue weighted by molar-refractivity contribution is 0.0516. The maximum absolute atomic E-state index is 12.4. The van der Waals surface area contributed by atoms with Crippen LogP contribution in [0.2, 0.25) is 5.02 Å². The Morgan fingerprint density at radius 2 is 1.97 bits per heavy atom. The van der Waals surface area contributed by atoms with Crippen molar-refractivity contribution < 1.29 is 9.53 Å². The molecule has 1 aromatic carbocycles. The van der Waals surface area contributed by atoms with E-state index >= 15 is 0 Å². The predicted molar refractivity (Wildman–Crippen MR) is 123 cm³/mol. The fourth-order valence-electron chi connectivity index (χ4n) is 3.23. The lowest BCUT2D eigenvalue weighted by Crippen LogP contribution is -2.16. The van der Waals surface area contributed by atoms with Gasteiger partial charge in [-0.15, -0.1) is 0 Å². The van der Waals surface area contributed by atoms with Crippen molar-refractivity contribution in [2.75, 3.05) is 6.61 Å². The van der Waals surface area contributed by atoms with E-state index in [1.807, 2.05) is 37.3 Å². The second-order valence-electron chi connectivity index (χ2n) is 6.93. The molecule has 0 saturated carbocycles. The average Bonchev–Trinajstić information content (AvgIpc) is 2.77. The Kier molecular flexibility index (Phi) is 6.06. The molecule has 31 heavy (non-hydrogen) atoms. The molecule has 0 spiro atoms. The fraction of sp³-hybridized carbons (Fsp3) is 0.174. The van der Waals surface area contributed by atoms with Crippen molar-refractivity contribution in [1.82, 2.24) is 19.7 Å². The van der Waals surface area contributed by atoms with Crippen molar-refractivity contribution in [1.29, 1.82) is 0 Å². The molecule has 0 atom stereocenters. The third-order valence-corrected chi connectivity index (χ3v) is 5.48. The first-order valence-electron chi connectivity index (χ1n) is 9.72. The molecule has 4 rings (SSSR count). The van der Waals surface area contributed by atoms with Gasteiger partial charge in [-0.1, -0.05) is 42.0 Å². The second-order valence-corrected chi connectivity index (χ2v) is 7.75. The Hall–Kier alpha value is -3.16. The molecule has 0 unspecified atom stereocenters. The number of hydrogen-bond donors (Lipinski definition) is 0. The van der Waals surface area contributed by atoms with Crippen molar-refractivity contribution in [3.05, 3.63) is 81.3 Å². The van der Waals surface area contributed by atoms with Gasteiger partial charge >= 0.3 is 5.97 Å². The third kappa shape index (κ3) is 4.33. The van der Waals surface area contributed by atoms with Crippen LogP contribution in [0.15, 0.2) is 54.9 Å². The highest BCUT2D eigenvalue weighted by Crippen LogP contribution is 2.26. The SMILES string of the molecule is CCOC(=O)c1nn(Cc2ccc(-c3ccc(C)nc3)nc2)c2c(Cl)cccc2c1=S. The van der Waals surface area contributed by atoms with Crippen LogP contribution < -0.4 is 0 Å². The van der Waals surface area contributed by atoms with E-state index in [0.29, 0.717) is 27.0 Å². The van der Waals surface area contributed by atoms with Crippen LogP contribution in [-0.4, -0.2) is 32.3 Å². The van der Waals surface area contributed by atoms with Crippen molar-refractivity contribution in [2.24, 2.45) is 0 Å². The van der Waals surface area contributed by atoms with Gasteiger partial charge < -0.3 is 4.74 Å². The number of carbonyl (C=O) groups is 1. The smallest absolute Gasteiger partial charge is 0.360 e. The van der Waals surface area contributed by atoms with Crippen molar-refractivity contribution in [2.45, 2.75) is 20.4 Å². The van der Waals surface area contributed by atoms with Gasteiger partial charge in [0, 0.05) is 29.0 Å². The number of halogens is 1. The summed E-state index contributed by atoms with van der Waals surface area (Å²) in [6.07, 6.45) is 3.58. The Morgan fingerprint density at radius 3 is 2.65 bits per heavy atom.